The molecule has 21 heavy (non-hydrogen) atoms. The number of aliphatic hydroxyl groups excluding tert-OH is 1. The predicted octanol–water partition coefficient (Wildman–Crippen LogP) is 2.43. The number of nitriles is 1. The molecule has 0 bridgehead atoms. The van der Waals surface area contributed by atoms with Crippen molar-refractivity contribution in [2.24, 2.45) is 0 Å². The van der Waals surface area contributed by atoms with Gasteiger partial charge in [-0.05, 0) is 30.5 Å². The lowest BCUT2D eigenvalue weighted by Gasteiger charge is -2.28. The van der Waals surface area contributed by atoms with Gasteiger partial charge in [0.15, 0.2) is 0 Å². The molecule has 1 aromatic carbocycles. The SMILES string of the molecule is CN(CCC#N)c1ccc(CNC2(CO)CCCC2)cc1. The summed E-state index contributed by atoms with van der Waals surface area (Å²) in [5.74, 6) is 0. The maximum atomic E-state index is 9.60. The third-order valence-corrected chi connectivity index (χ3v) is 4.47. The molecular formula is C17H25N3O. The summed E-state index contributed by atoms with van der Waals surface area (Å²) in [6.45, 7) is 1.77. The quantitative estimate of drug-likeness (QED) is 0.808. The Balaban J connectivity index is 1.89. The van der Waals surface area contributed by atoms with E-state index in [1.54, 1.807) is 0 Å². The number of rotatable bonds is 7. The van der Waals surface area contributed by atoms with Gasteiger partial charge in [0, 0.05) is 31.4 Å². The molecule has 0 aromatic heterocycles. The highest BCUT2D eigenvalue weighted by Gasteiger charge is 2.32. The molecular weight excluding hydrogens is 262 g/mol. The molecule has 2 rings (SSSR count). The Morgan fingerprint density at radius 2 is 1.95 bits per heavy atom. The molecule has 0 heterocycles. The summed E-state index contributed by atoms with van der Waals surface area (Å²) in [6.07, 6.45) is 5.09. The summed E-state index contributed by atoms with van der Waals surface area (Å²) in [4.78, 5) is 2.09. The Kier molecular flexibility index (Phi) is 5.60. The van der Waals surface area contributed by atoms with Crippen molar-refractivity contribution in [3.8, 4) is 6.07 Å². The van der Waals surface area contributed by atoms with Crippen molar-refractivity contribution in [2.75, 3.05) is 25.1 Å². The van der Waals surface area contributed by atoms with Gasteiger partial charge in [-0.2, -0.15) is 5.26 Å². The van der Waals surface area contributed by atoms with Gasteiger partial charge in [-0.15, -0.1) is 0 Å². The van der Waals surface area contributed by atoms with Crippen molar-refractivity contribution in [1.82, 2.24) is 5.32 Å². The van der Waals surface area contributed by atoms with Gasteiger partial charge in [0.1, 0.15) is 0 Å². The molecule has 1 aliphatic carbocycles. The van der Waals surface area contributed by atoms with Crippen molar-refractivity contribution in [3.05, 3.63) is 29.8 Å². The van der Waals surface area contributed by atoms with Crippen molar-refractivity contribution < 1.29 is 5.11 Å². The zero-order valence-electron chi connectivity index (χ0n) is 12.8. The first kappa shape index (κ1) is 15.8. The highest BCUT2D eigenvalue weighted by molar-refractivity contribution is 5.46. The Morgan fingerprint density at radius 3 is 2.52 bits per heavy atom. The molecule has 0 amide bonds. The summed E-state index contributed by atoms with van der Waals surface area (Å²) >= 11 is 0. The predicted molar refractivity (Wildman–Crippen MR) is 85.1 cm³/mol. The van der Waals surface area contributed by atoms with Gasteiger partial charge in [-0.3, -0.25) is 0 Å². The van der Waals surface area contributed by atoms with E-state index >= 15 is 0 Å². The van der Waals surface area contributed by atoms with E-state index < -0.39 is 0 Å². The van der Waals surface area contributed by atoms with Crippen LogP contribution in [0.25, 0.3) is 0 Å². The van der Waals surface area contributed by atoms with Crippen LogP contribution in [0, 0.1) is 11.3 Å². The molecule has 1 aromatic rings. The van der Waals surface area contributed by atoms with Crippen LogP contribution in [0.4, 0.5) is 5.69 Å². The molecule has 1 aliphatic rings. The fourth-order valence-electron chi connectivity index (χ4n) is 2.95. The molecule has 0 saturated heterocycles. The van der Waals surface area contributed by atoms with Crippen molar-refractivity contribution in [1.29, 1.82) is 5.26 Å². The third kappa shape index (κ3) is 4.20. The molecule has 114 valence electrons. The third-order valence-electron chi connectivity index (χ3n) is 4.47. The van der Waals surface area contributed by atoms with Crippen LogP contribution in [0.15, 0.2) is 24.3 Å². The fraction of sp³-hybridized carbons (Fsp3) is 0.588. The lowest BCUT2D eigenvalue weighted by molar-refractivity contribution is 0.163. The van der Waals surface area contributed by atoms with Crippen molar-refractivity contribution >= 4 is 5.69 Å². The topological polar surface area (TPSA) is 59.3 Å². The molecule has 1 saturated carbocycles. The summed E-state index contributed by atoms with van der Waals surface area (Å²) in [5.41, 5.74) is 2.29. The van der Waals surface area contributed by atoms with E-state index in [1.165, 1.54) is 18.4 Å². The van der Waals surface area contributed by atoms with E-state index in [-0.39, 0.29) is 12.1 Å². The van der Waals surface area contributed by atoms with Crippen LogP contribution in [-0.4, -0.2) is 30.8 Å². The molecule has 1 fully saturated rings. The van der Waals surface area contributed by atoms with Gasteiger partial charge >= 0.3 is 0 Å². The van der Waals surface area contributed by atoms with Gasteiger partial charge in [0.05, 0.1) is 19.1 Å². The number of anilines is 1. The van der Waals surface area contributed by atoms with Crippen LogP contribution < -0.4 is 10.2 Å². The zero-order chi connectivity index (χ0) is 15.1. The normalized spacial score (nSPS) is 16.6. The summed E-state index contributed by atoms with van der Waals surface area (Å²) in [6, 6.07) is 10.6. The Morgan fingerprint density at radius 1 is 1.29 bits per heavy atom. The zero-order valence-corrected chi connectivity index (χ0v) is 12.8. The average molecular weight is 287 g/mol. The van der Waals surface area contributed by atoms with E-state index in [0.29, 0.717) is 6.42 Å². The first-order chi connectivity index (χ1) is 10.2. The van der Waals surface area contributed by atoms with E-state index in [4.69, 9.17) is 5.26 Å². The highest BCUT2D eigenvalue weighted by Crippen LogP contribution is 2.29. The van der Waals surface area contributed by atoms with Gasteiger partial charge in [0.2, 0.25) is 0 Å². The minimum Gasteiger partial charge on any atom is -0.394 e. The van der Waals surface area contributed by atoms with E-state index in [9.17, 15) is 5.11 Å². The van der Waals surface area contributed by atoms with Crippen LogP contribution in [0.2, 0.25) is 0 Å². The first-order valence-corrected chi connectivity index (χ1v) is 7.72. The van der Waals surface area contributed by atoms with Crippen LogP contribution in [0.3, 0.4) is 0 Å². The molecule has 0 atom stereocenters. The van der Waals surface area contributed by atoms with E-state index in [0.717, 1.165) is 31.6 Å². The molecule has 0 radical (unpaired) electrons. The maximum absolute atomic E-state index is 9.60. The summed E-state index contributed by atoms with van der Waals surface area (Å²) < 4.78 is 0. The van der Waals surface area contributed by atoms with Crippen LogP contribution in [0.5, 0.6) is 0 Å². The molecule has 0 spiro atoms. The lowest BCUT2D eigenvalue weighted by atomic mass is 9.98. The molecule has 0 unspecified atom stereocenters. The van der Waals surface area contributed by atoms with Crippen LogP contribution in [0.1, 0.15) is 37.7 Å². The minimum atomic E-state index is -0.0672. The van der Waals surface area contributed by atoms with Crippen LogP contribution >= 0.6 is 0 Å². The lowest BCUT2D eigenvalue weighted by Crippen LogP contribution is -2.45. The average Bonchev–Trinajstić information content (AvgIpc) is 3.00. The van der Waals surface area contributed by atoms with Crippen LogP contribution in [-0.2, 0) is 6.54 Å². The van der Waals surface area contributed by atoms with Crippen molar-refractivity contribution in [3.63, 3.8) is 0 Å². The largest absolute Gasteiger partial charge is 0.394 e. The maximum Gasteiger partial charge on any atom is 0.0640 e. The number of nitrogens with zero attached hydrogens (tertiary/aromatic N) is 2. The number of hydrogen-bond acceptors (Lipinski definition) is 4. The highest BCUT2D eigenvalue weighted by atomic mass is 16.3. The monoisotopic (exact) mass is 287 g/mol. The molecule has 4 heteroatoms. The second kappa shape index (κ2) is 7.44. The van der Waals surface area contributed by atoms with Crippen molar-refractivity contribution in [2.45, 2.75) is 44.2 Å². The minimum absolute atomic E-state index is 0.0672. The first-order valence-electron chi connectivity index (χ1n) is 7.72. The Labute approximate surface area is 127 Å². The van der Waals surface area contributed by atoms with Gasteiger partial charge in [0.25, 0.3) is 0 Å². The number of aliphatic hydroxyl groups is 1. The van der Waals surface area contributed by atoms with Gasteiger partial charge in [-0.1, -0.05) is 25.0 Å². The summed E-state index contributed by atoms with van der Waals surface area (Å²) in [7, 11) is 2.00. The summed E-state index contributed by atoms with van der Waals surface area (Å²) in [5, 5.41) is 21.8. The smallest absolute Gasteiger partial charge is 0.0640 e. The van der Waals surface area contributed by atoms with E-state index in [2.05, 4.69) is 40.6 Å². The van der Waals surface area contributed by atoms with Gasteiger partial charge < -0.3 is 15.3 Å². The molecule has 4 nitrogen and oxygen atoms in total. The van der Waals surface area contributed by atoms with Gasteiger partial charge in [-0.25, -0.2) is 0 Å². The number of nitrogens with one attached hydrogen (secondary N) is 1. The standard InChI is InChI=1S/C17H25N3O/c1-20(12-4-11-18)16-7-5-15(6-8-16)13-19-17(14-21)9-2-3-10-17/h5-8,19,21H,2-4,9-10,12-14H2,1H3. The number of benzene rings is 1. The fourth-order valence-corrected chi connectivity index (χ4v) is 2.95. The molecule has 0 aliphatic heterocycles. The number of hydrogen-bond donors (Lipinski definition) is 2. The second-order valence-electron chi connectivity index (χ2n) is 6.00. The van der Waals surface area contributed by atoms with E-state index in [1.807, 2.05) is 7.05 Å². The second-order valence-corrected chi connectivity index (χ2v) is 6.00. The Bertz CT molecular complexity index is 472. The Hall–Kier alpha value is -1.57. The molecule has 2 N–H and O–H groups in total.